The molecule has 1 aliphatic heterocycles. The Bertz CT molecular complexity index is 569. The van der Waals surface area contributed by atoms with E-state index in [0.717, 1.165) is 39.4 Å². The first-order valence-electron chi connectivity index (χ1n) is 7.60. The van der Waals surface area contributed by atoms with Gasteiger partial charge in [0.05, 0.1) is 13.2 Å². The van der Waals surface area contributed by atoms with Gasteiger partial charge < -0.3 is 15.8 Å². The van der Waals surface area contributed by atoms with Crippen LogP contribution in [0.15, 0.2) is 36.5 Å². The van der Waals surface area contributed by atoms with Gasteiger partial charge in [0.2, 0.25) is 0 Å². The van der Waals surface area contributed by atoms with Crippen molar-refractivity contribution in [2.24, 2.45) is 0 Å². The zero-order chi connectivity index (χ0) is 15.2. The van der Waals surface area contributed by atoms with Crippen molar-refractivity contribution in [2.45, 2.75) is 12.6 Å². The monoisotopic (exact) mass is 318 g/mol. The summed E-state index contributed by atoms with van der Waals surface area (Å²) in [6, 6.07) is 11.0. The fourth-order valence-electron chi connectivity index (χ4n) is 2.76. The lowest BCUT2D eigenvalue weighted by atomic mass is 10.0. The quantitative estimate of drug-likeness (QED) is 0.851. The third kappa shape index (κ3) is 4.04. The van der Waals surface area contributed by atoms with Gasteiger partial charge in [0, 0.05) is 43.3 Å². The smallest absolute Gasteiger partial charge is 0.180 e. The first-order valence-corrected chi connectivity index (χ1v) is 8.42. The van der Waals surface area contributed by atoms with Crippen molar-refractivity contribution in [3.8, 4) is 0 Å². The van der Waals surface area contributed by atoms with E-state index in [1.165, 1.54) is 10.4 Å². The molecule has 5 nitrogen and oxygen atoms in total. The Kier molecular flexibility index (Phi) is 5.39. The Balaban J connectivity index is 1.63. The minimum atomic E-state index is 0.371. The van der Waals surface area contributed by atoms with Gasteiger partial charge in [-0.25, -0.2) is 4.98 Å². The van der Waals surface area contributed by atoms with Crippen LogP contribution >= 0.6 is 11.3 Å². The van der Waals surface area contributed by atoms with Crippen LogP contribution in [0, 0.1) is 0 Å². The number of nitrogen functional groups attached to an aromatic ring is 1. The van der Waals surface area contributed by atoms with Gasteiger partial charge in [-0.15, -0.1) is 11.3 Å². The molecule has 1 aromatic carbocycles. The molecule has 0 saturated carbocycles. The lowest BCUT2D eigenvalue weighted by molar-refractivity contribution is 0.0161. The zero-order valence-corrected chi connectivity index (χ0v) is 13.4. The lowest BCUT2D eigenvalue weighted by Gasteiger charge is -2.35. The highest BCUT2D eigenvalue weighted by atomic mass is 32.1. The van der Waals surface area contributed by atoms with E-state index < -0.39 is 0 Å². The Morgan fingerprint density at radius 2 is 2.05 bits per heavy atom. The summed E-state index contributed by atoms with van der Waals surface area (Å²) in [7, 11) is 0. The average Bonchev–Trinajstić information content (AvgIpc) is 2.99. The summed E-state index contributed by atoms with van der Waals surface area (Å²) in [6.45, 7) is 5.30. The Morgan fingerprint density at radius 3 is 2.73 bits per heavy atom. The maximum atomic E-state index is 5.68. The molecule has 1 aliphatic rings. The van der Waals surface area contributed by atoms with E-state index in [0.29, 0.717) is 11.2 Å². The number of aromatic nitrogens is 1. The maximum absolute atomic E-state index is 5.68. The summed E-state index contributed by atoms with van der Waals surface area (Å²) in [4.78, 5) is 7.76. The largest absolute Gasteiger partial charge is 0.379 e. The van der Waals surface area contributed by atoms with Crippen LogP contribution in [0.25, 0.3) is 0 Å². The van der Waals surface area contributed by atoms with E-state index in [-0.39, 0.29) is 0 Å². The molecule has 0 amide bonds. The third-order valence-corrected chi connectivity index (χ3v) is 4.71. The highest BCUT2D eigenvalue weighted by Crippen LogP contribution is 2.21. The molecule has 0 spiro atoms. The van der Waals surface area contributed by atoms with Crippen molar-refractivity contribution in [3.05, 3.63) is 47.0 Å². The van der Waals surface area contributed by atoms with Crippen LogP contribution in [0.5, 0.6) is 0 Å². The molecule has 2 heterocycles. The van der Waals surface area contributed by atoms with Gasteiger partial charge in [-0.05, 0) is 5.56 Å². The first kappa shape index (κ1) is 15.4. The molecule has 0 aliphatic carbocycles. The molecule has 2 aromatic rings. The maximum Gasteiger partial charge on any atom is 0.180 e. The fourth-order valence-corrected chi connectivity index (χ4v) is 3.41. The summed E-state index contributed by atoms with van der Waals surface area (Å²) >= 11 is 1.54. The fraction of sp³-hybridized carbons (Fsp3) is 0.438. The number of nitrogens with two attached hydrogens (primary N) is 1. The van der Waals surface area contributed by atoms with Crippen LogP contribution in [0.1, 0.15) is 16.5 Å². The summed E-state index contributed by atoms with van der Waals surface area (Å²) in [5.74, 6) is 0. The first-order chi connectivity index (χ1) is 10.8. The zero-order valence-electron chi connectivity index (χ0n) is 12.6. The number of ether oxygens (including phenoxy) is 1. The van der Waals surface area contributed by atoms with E-state index in [9.17, 15) is 0 Å². The number of rotatable bonds is 6. The van der Waals surface area contributed by atoms with Crippen LogP contribution in [0.2, 0.25) is 0 Å². The number of nitrogens with zero attached hydrogens (tertiary/aromatic N) is 2. The van der Waals surface area contributed by atoms with E-state index in [2.05, 4.69) is 45.5 Å². The van der Waals surface area contributed by atoms with Crippen molar-refractivity contribution in [1.29, 1.82) is 0 Å². The normalized spacial score (nSPS) is 17.5. The van der Waals surface area contributed by atoms with Gasteiger partial charge in [0.1, 0.15) is 0 Å². The standard InChI is InChI=1S/C16H22N4OS/c17-16-19-11-14(22-16)10-18-12-15(13-4-2-1-3-5-13)20-6-8-21-9-7-20/h1-5,11,15,18H,6-10,12H2,(H2,17,19). The second-order valence-electron chi connectivity index (χ2n) is 5.37. The topological polar surface area (TPSA) is 63.4 Å². The molecule has 1 aromatic heterocycles. The lowest BCUT2D eigenvalue weighted by Crippen LogP contribution is -2.42. The number of thiazole rings is 1. The predicted molar refractivity (Wildman–Crippen MR) is 89.8 cm³/mol. The Labute approximate surface area is 135 Å². The van der Waals surface area contributed by atoms with Crippen molar-refractivity contribution in [1.82, 2.24) is 15.2 Å². The molecular formula is C16H22N4OS. The van der Waals surface area contributed by atoms with E-state index >= 15 is 0 Å². The second-order valence-corrected chi connectivity index (χ2v) is 6.52. The van der Waals surface area contributed by atoms with Crippen LogP contribution < -0.4 is 11.1 Å². The summed E-state index contributed by atoms with van der Waals surface area (Å²) in [5.41, 5.74) is 7.02. The van der Waals surface area contributed by atoms with Gasteiger partial charge in [-0.2, -0.15) is 0 Å². The highest BCUT2D eigenvalue weighted by Gasteiger charge is 2.22. The molecule has 118 valence electrons. The van der Waals surface area contributed by atoms with Crippen molar-refractivity contribution in [3.63, 3.8) is 0 Å². The van der Waals surface area contributed by atoms with Gasteiger partial charge >= 0.3 is 0 Å². The molecule has 6 heteroatoms. The number of hydrogen-bond acceptors (Lipinski definition) is 6. The molecule has 0 bridgehead atoms. The number of nitrogens with one attached hydrogen (secondary N) is 1. The van der Waals surface area contributed by atoms with E-state index in [1.54, 1.807) is 11.3 Å². The number of anilines is 1. The van der Waals surface area contributed by atoms with E-state index in [1.807, 2.05) is 6.20 Å². The SMILES string of the molecule is Nc1ncc(CNCC(c2ccccc2)N2CCOCC2)s1. The van der Waals surface area contributed by atoms with Crippen LogP contribution in [0.4, 0.5) is 5.13 Å². The molecule has 1 atom stereocenters. The minimum Gasteiger partial charge on any atom is -0.379 e. The van der Waals surface area contributed by atoms with Crippen molar-refractivity contribution in [2.75, 3.05) is 38.6 Å². The average molecular weight is 318 g/mol. The number of benzene rings is 1. The van der Waals surface area contributed by atoms with Crippen LogP contribution in [0.3, 0.4) is 0 Å². The van der Waals surface area contributed by atoms with Gasteiger partial charge in [0.15, 0.2) is 5.13 Å². The molecule has 0 radical (unpaired) electrons. The van der Waals surface area contributed by atoms with Crippen LogP contribution in [-0.4, -0.2) is 42.7 Å². The van der Waals surface area contributed by atoms with Crippen molar-refractivity contribution >= 4 is 16.5 Å². The molecule has 3 N–H and O–H groups in total. The summed E-state index contributed by atoms with van der Waals surface area (Å²) in [5, 5.41) is 4.17. The second kappa shape index (κ2) is 7.69. The predicted octanol–water partition coefficient (Wildman–Crippen LogP) is 1.89. The molecule has 1 unspecified atom stereocenters. The summed E-state index contributed by atoms with van der Waals surface area (Å²) < 4.78 is 5.48. The molecule has 3 rings (SSSR count). The highest BCUT2D eigenvalue weighted by molar-refractivity contribution is 7.15. The minimum absolute atomic E-state index is 0.371. The van der Waals surface area contributed by atoms with Crippen LogP contribution in [-0.2, 0) is 11.3 Å². The Hall–Kier alpha value is -1.47. The Morgan fingerprint density at radius 1 is 1.27 bits per heavy atom. The molecule has 22 heavy (non-hydrogen) atoms. The molecule has 1 saturated heterocycles. The molecular weight excluding hydrogens is 296 g/mol. The third-order valence-electron chi connectivity index (χ3n) is 3.88. The number of morpholine rings is 1. The molecule has 1 fully saturated rings. The van der Waals surface area contributed by atoms with Gasteiger partial charge in [0.25, 0.3) is 0 Å². The van der Waals surface area contributed by atoms with Gasteiger partial charge in [-0.1, -0.05) is 30.3 Å². The van der Waals surface area contributed by atoms with Crippen molar-refractivity contribution < 1.29 is 4.74 Å². The summed E-state index contributed by atoms with van der Waals surface area (Å²) in [6.07, 6.45) is 1.85. The number of hydrogen-bond donors (Lipinski definition) is 2. The van der Waals surface area contributed by atoms with Gasteiger partial charge in [-0.3, -0.25) is 4.90 Å². The van der Waals surface area contributed by atoms with E-state index in [4.69, 9.17) is 10.5 Å².